The van der Waals surface area contributed by atoms with E-state index in [-0.39, 0.29) is 5.97 Å². The Morgan fingerprint density at radius 2 is 1.79 bits per heavy atom. The lowest BCUT2D eigenvalue weighted by Gasteiger charge is -2.28. The van der Waals surface area contributed by atoms with Crippen molar-refractivity contribution in [3.63, 3.8) is 0 Å². The third kappa shape index (κ3) is 8.19. The standard InChI is InChI=1S/C31H41N3O3S/c1-3-24-14-16-26(17-15-24)29-28(30(35)37-21-10-13-25-11-6-4-7-12-25)27(32-31(33-29)38-2)23-36-22-20-34-18-8-5-9-19-34/h4,6-7,11-12,14-17,29H,3,5,8-10,13,18-23H2,1-2H3,(H,32,33). The summed E-state index contributed by atoms with van der Waals surface area (Å²) in [7, 11) is 0. The minimum atomic E-state index is -0.424. The molecule has 1 atom stereocenters. The van der Waals surface area contributed by atoms with Crippen molar-refractivity contribution in [1.82, 2.24) is 10.2 Å². The zero-order chi connectivity index (χ0) is 26.6. The number of nitrogens with one attached hydrogen (secondary N) is 1. The molecule has 2 aliphatic rings. The van der Waals surface area contributed by atoms with Crippen molar-refractivity contribution in [2.75, 3.05) is 45.7 Å². The van der Waals surface area contributed by atoms with Crippen LogP contribution in [-0.4, -0.2) is 61.7 Å². The molecule has 1 N–H and O–H groups in total. The molecule has 2 aromatic rings. The molecule has 0 bridgehead atoms. The number of likely N-dealkylation sites (tertiary alicyclic amines) is 1. The van der Waals surface area contributed by atoms with Gasteiger partial charge in [0.05, 0.1) is 31.1 Å². The Balaban J connectivity index is 1.47. The first-order chi connectivity index (χ1) is 18.7. The van der Waals surface area contributed by atoms with Gasteiger partial charge in [0.1, 0.15) is 6.04 Å². The van der Waals surface area contributed by atoms with E-state index in [9.17, 15) is 4.79 Å². The first-order valence-electron chi connectivity index (χ1n) is 13.9. The van der Waals surface area contributed by atoms with Crippen LogP contribution in [0.3, 0.4) is 0 Å². The Morgan fingerprint density at radius 3 is 2.50 bits per heavy atom. The predicted octanol–water partition coefficient (Wildman–Crippen LogP) is 5.54. The van der Waals surface area contributed by atoms with Gasteiger partial charge < -0.3 is 19.7 Å². The number of amidine groups is 1. The average molecular weight is 536 g/mol. The number of ether oxygens (including phenoxy) is 2. The second kappa shape index (κ2) is 15.1. The minimum Gasteiger partial charge on any atom is -0.462 e. The van der Waals surface area contributed by atoms with Crippen LogP contribution < -0.4 is 5.32 Å². The van der Waals surface area contributed by atoms with Crippen LogP contribution in [0.2, 0.25) is 0 Å². The van der Waals surface area contributed by atoms with E-state index in [1.54, 1.807) is 0 Å². The van der Waals surface area contributed by atoms with Crippen molar-refractivity contribution in [2.24, 2.45) is 4.99 Å². The number of aryl methyl sites for hydroxylation is 2. The predicted molar refractivity (Wildman–Crippen MR) is 157 cm³/mol. The van der Waals surface area contributed by atoms with Crippen LogP contribution in [0.4, 0.5) is 0 Å². The summed E-state index contributed by atoms with van der Waals surface area (Å²) in [6.07, 6.45) is 8.45. The second-order valence-electron chi connectivity index (χ2n) is 9.83. The van der Waals surface area contributed by atoms with Gasteiger partial charge in [-0.2, -0.15) is 0 Å². The first-order valence-corrected chi connectivity index (χ1v) is 15.1. The Labute approximate surface area is 231 Å². The number of nitrogens with zero attached hydrogens (tertiary/aromatic N) is 2. The molecule has 2 heterocycles. The number of rotatable bonds is 12. The number of aliphatic imine (C=N–C) groups is 1. The van der Waals surface area contributed by atoms with Crippen LogP contribution in [0.15, 0.2) is 70.9 Å². The number of hydrogen-bond acceptors (Lipinski definition) is 7. The summed E-state index contributed by atoms with van der Waals surface area (Å²) in [5.41, 5.74) is 4.78. The van der Waals surface area contributed by atoms with Gasteiger partial charge in [0.25, 0.3) is 0 Å². The molecule has 7 heteroatoms. The lowest BCUT2D eigenvalue weighted by molar-refractivity contribution is -0.139. The van der Waals surface area contributed by atoms with Gasteiger partial charge in [-0.25, -0.2) is 9.79 Å². The summed E-state index contributed by atoms with van der Waals surface area (Å²) >= 11 is 1.54. The second-order valence-corrected chi connectivity index (χ2v) is 10.6. The van der Waals surface area contributed by atoms with Crippen molar-refractivity contribution in [2.45, 2.75) is 51.5 Å². The van der Waals surface area contributed by atoms with Crippen LogP contribution in [0.5, 0.6) is 0 Å². The van der Waals surface area contributed by atoms with Crippen molar-refractivity contribution in [3.8, 4) is 0 Å². The molecule has 6 nitrogen and oxygen atoms in total. The van der Waals surface area contributed by atoms with Crippen molar-refractivity contribution >= 4 is 22.9 Å². The van der Waals surface area contributed by atoms with Crippen LogP contribution in [0.25, 0.3) is 0 Å². The van der Waals surface area contributed by atoms with Crippen molar-refractivity contribution in [1.29, 1.82) is 0 Å². The van der Waals surface area contributed by atoms with Gasteiger partial charge in [0, 0.05) is 6.54 Å². The summed E-state index contributed by atoms with van der Waals surface area (Å²) in [6, 6.07) is 18.2. The highest BCUT2D eigenvalue weighted by atomic mass is 32.2. The maximum atomic E-state index is 13.5. The van der Waals surface area contributed by atoms with Crippen LogP contribution >= 0.6 is 11.8 Å². The van der Waals surface area contributed by atoms with Gasteiger partial charge in [0.15, 0.2) is 5.17 Å². The summed E-state index contributed by atoms with van der Waals surface area (Å²) < 4.78 is 11.9. The number of hydrogen-bond donors (Lipinski definition) is 1. The summed E-state index contributed by atoms with van der Waals surface area (Å²) in [6.45, 7) is 6.66. The monoisotopic (exact) mass is 535 g/mol. The smallest absolute Gasteiger partial charge is 0.338 e. The highest BCUT2D eigenvalue weighted by Gasteiger charge is 2.32. The molecule has 0 spiro atoms. The maximum Gasteiger partial charge on any atom is 0.338 e. The summed E-state index contributed by atoms with van der Waals surface area (Å²) in [5, 5.41) is 4.15. The SMILES string of the molecule is CCc1ccc(C2N=C(SC)NC(COCCN3CCCCC3)=C2C(=O)OCCCc2ccccc2)cc1. The van der Waals surface area contributed by atoms with E-state index in [0.29, 0.717) is 25.4 Å². The molecule has 2 aromatic carbocycles. The molecule has 0 radical (unpaired) electrons. The molecule has 4 rings (SSSR count). The van der Waals surface area contributed by atoms with E-state index < -0.39 is 6.04 Å². The molecule has 0 saturated carbocycles. The Bertz CT molecular complexity index is 1080. The number of carbonyl (C=O) groups is 1. The molecule has 0 aromatic heterocycles. The molecule has 0 aliphatic carbocycles. The number of piperidine rings is 1. The molecule has 204 valence electrons. The molecule has 38 heavy (non-hydrogen) atoms. The molecular formula is C31H41N3O3S. The Kier molecular flexibility index (Phi) is 11.3. The van der Waals surface area contributed by atoms with E-state index in [2.05, 4.69) is 53.5 Å². The van der Waals surface area contributed by atoms with E-state index in [4.69, 9.17) is 14.5 Å². The third-order valence-corrected chi connectivity index (χ3v) is 7.75. The fourth-order valence-corrected chi connectivity index (χ4v) is 5.36. The molecule has 0 amide bonds. The van der Waals surface area contributed by atoms with Crippen LogP contribution in [-0.2, 0) is 27.1 Å². The fraction of sp³-hybridized carbons (Fsp3) is 0.484. The third-order valence-electron chi connectivity index (χ3n) is 7.15. The number of thioether (sulfide) groups is 1. The first kappa shape index (κ1) is 28.4. The van der Waals surface area contributed by atoms with Crippen LogP contribution in [0, 0.1) is 0 Å². The molecule has 2 aliphatic heterocycles. The lowest BCUT2D eigenvalue weighted by Crippen LogP contribution is -2.35. The normalized spacial score (nSPS) is 18.2. The van der Waals surface area contributed by atoms with Gasteiger partial charge in [0.2, 0.25) is 0 Å². The summed E-state index contributed by atoms with van der Waals surface area (Å²) in [4.78, 5) is 20.9. The Hall–Kier alpha value is -2.61. The highest BCUT2D eigenvalue weighted by Crippen LogP contribution is 2.33. The zero-order valence-electron chi connectivity index (χ0n) is 22.8. The van der Waals surface area contributed by atoms with Crippen molar-refractivity contribution in [3.05, 3.63) is 82.6 Å². The van der Waals surface area contributed by atoms with E-state index >= 15 is 0 Å². The number of benzene rings is 2. The fourth-order valence-electron chi connectivity index (χ4n) is 4.92. The molecular weight excluding hydrogens is 494 g/mol. The van der Waals surface area contributed by atoms with E-state index in [0.717, 1.165) is 55.3 Å². The zero-order valence-corrected chi connectivity index (χ0v) is 23.6. The molecule has 1 fully saturated rings. The van der Waals surface area contributed by atoms with E-state index in [1.807, 2.05) is 24.5 Å². The summed E-state index contributed by atoms with van der Waals surface area (Å²) in [5.74, 6) is -0.325. The largest absolute Gasteiger partial charge is 0.462 e. The molecule has 1 saturated heterocycles. The average Bonchev–Trinajstić information content (AvgIpc) is 2.98. The van der Waals surface area contributed by atoms with Gasteiger partial charge in [-0.3, -0.25) is 0 Å². The maximum absolute atomic E-state index is 13.5. The van der Waals surface area contributed by atoms with Gasteiger partial charge in [-0.05, 0) is 68.1 Å². The van der Waals surface area contributed by atoms with Gasteiger partial charge in [-0.1, -0.05) is 79.7 Å². The van der Waals surface area contributed by atoms with Gasteiger partial charge in [-0.15, -0.1) is 0 Å². The van der Waals surface area contributed by atoms with Crippen molar-refractivity contribution < 1.29 is 14.3 Å². The van der Waals surface area contributed by atoms with E-state index in [1.165, 1.54) is 42.2 Å². The molecule has 1 unspecified atom stereocenters. The topological polar surface area (TPSA) is 63.2 Å². The quantitative estimate of drug-likeness (QED) is 0.284. The number of carbonyl (C=O) groups excluding carboxylic acids is 1. The van der Waals surface area contributed by atoms with Crippen LogP contribution in [0.1, 0.15) is 55.3 Å². The lowest BCUT2D eigenvalue weighted by atomic mass is 9.95. The Morgan fingerprint density at radius 1 is 1.03 bits per heavy atom. The minimum absolute atomic E-state index is 0.325. The number of esters is 1. The highest BCUT2D eigenvalue weighted by molar-refractivity contribution is 8.13. The van der Waals surface area contributed by atoms with Gasteiger partial charge >= 0.3 is 5.97 Å².